The van der Waals surface area contributed by atoms with Gasteiger partial charge in [0, 0.05) is 17.5 Å². The van der Waals surface area contributed by atoms with E-state index in [2.05, 4.69) is 4.40 Å². The van der Waals surface area contributed by atoms with Gasteiger partial charge in [0.05, 0.1) is 10.9 Å². The van der Waals surface area contributed by atoms with E-state index in [1.54, 1.807) is 0 Å². The average molecular weight is 261 g/mol. The van der Waals surface area contributed by atoms with E-state index in [0.717, 1.165) is 5.71 Å². The number of nitrogens with zero attached hydrogens (tertiary/aromatic N) is 1. The summed E-state index contributed by atoms with van der Waals surface area (Å²) in [6.07, 6.45) is 0.795. The third-order valence-corrected chi connectivity index (χ3v) is 3.92. The van der Waals surface area contributed by atoms with Crippen LogP contribution in [0.3, 0.4) is 0 Å². The van der Waals surface area contributed by atoms with Crippen molar-refractivity contribution in [2.24, 2.45) is 9.81 Å². The molecule has 0 aromatic rings. The Bertz CT molecular complexity index is 298. The summed E-state index contributed by atoms with van der Waals surface area (Å²) in [4.78, 5) is 0. The molecule has 0 spiro atoms. The van der Waals surface area contributed by atoms with Crippen LogP contribution in [-0.2, 0) is 11.0 Å². The summed E-state index contributed by atoms with van der Waals surface area (Å²) in [7, 11) is -1.26. The highest BCUT2D eigenvalue weighted by atomic mass is 32.2. The van der Waals surface area contributed by atoms with Gasteiger partial charge < -0.3 is 5.11 Å². The minimum Gasteiger partial charge on any atom is -0.393 e. The molecule has 0 heterocycles. The Hall–Kier alpha value is -0.220. The summed E-state index contributed by atoms with van der Waals surface area (Å²) < 4.78 is 16.0. The highest BCUT2D eigenvalue weighted by Crippen LogP contribution is 2.23. The van der Waals surface area contributed by atoms with Crippen molar-refractivity contribution in [3.63, 3.8) is 0 Å². The van der Waals surface area contributed by atoms with Crippen LogP contribution in [0.15, 0.2) is 4.40 Å². The summed E-state index contributed by atoms with van der Waals surface area (Å²) >= 11 is 0. The van der Waals surface area contributed by atoms with Crippen molar-refractivity contribution in [2.45, 2.75) is 72.2 Å². The predicted octanol–water partition coefficient (Wildman–Crippen LogP) is 3.10. The molecule has 0 bridgehead atoms. The maximum Gasteiger partial charge on any atom is 0.144 e. The molecular weight excluding hydrogens is 234 g/mol. The molecule has 1 N–H and O–H groups in total. The van der Waals surface area contributed by atoms with Crippen molar-refractivity contribution in [1.29, 1.82) is 0 Å². The van der Waals surface area contributed by atoms with Gasteiger partial charge in [0.15, 0.2) is 0 Å². The summed E-state index contributed by atoms with van der Waals surface area (Å²) in [6.45, 7) is 13.8. The highest BCUT2D eigenvalue weighted by molar-refractivity contribution is 7.85. The zero-order chi connectivity index (χ0) is 13.9. The SMILES string of the molecule is CC[C@@H](O)C/C(=N\[S@](=O)C(C)(C)C)C(C)(C)C. The first kappa shape index (κ1) is 16.8. The molecule has 0 unspecified atom stereocenters. The quantitative estimate of drug-likeness (QED) is 0.791. The number of hydrogen-bond donors (Lipinski definition) is 1. The van der Waals surface area contributed by atoms with E-state index in [0.29, 0.717) is 12.8 Å². The molecule has 0 radical (unpaired) electrons. The van der Waals surface area contributed by atoms with Crippen LogP contribution < -0.4 is 0 Å². The average Bonchev–Trinajstić information content (AvgIpc) is 2.13. The first-order valence-electron chi connectivity index (χ1n) is 6.16. The zero-order valence-electron chi connectivity index (χ0n) is 12.2. The van der Waals surface area contributed by atoms with Crippen molar-refractivity contribution < 1.29 is 9.32 Å². The standard InChI is InChI=1S/C13H27NO2S/c1-8-10(15)9-11(12(2,3)4)14-17(16)13(5,6)7/h10,15H,8-9H2,1-7H3/b14-11+/t10-,17-/m1/s1. The molecule has 0 amide bonds. The minimum absolute atomic E-state index is 0.156. The van der Waals surface area contributed by atoms with Gasteiger partial charge in [-0.1, -0.05) is 27.7 Å². The van der Waals surface area contributed by atoms with E-state index in [4.69, 9.17) is 0 Å². The molecule has 0 saturated heterocycles. The third kappa shape index (κ3) is 6.32. The zero-order valence-corrected chi connectivity index (χ0v) is 13.0. The van der Waals surface area contributed by atoms with Crippen LogP contribution in [0.25, 0.3) is 0 Å². The monoisotopic (exact) mass is 261 g/mol. The first-order valence-corrected chi connectivity index (χ1v) is 7.27. The van der Waals surface area contributed by atoms with Gasteiger partial charge >= 0.3 is 0 Å². The Morgan fingerprint density at radius 1 is 1.24 bits per heavy atom. The maximum absolute atomic E-state index is 12.0. The fourth-order valence-electron chi connectivity index (χ4n) is 1.08. The van der Waals surface area contributed by atoms with Crippen LogP contribution in [0.1, 0.15) is 61.3 Å². The summed E-state index contributed by atoms with van der Waals surface area (Å²) in [5.41, 5.74) is 0.678. The topological polar surface area (TPSA) is 49.7 Å². The second-order valence-electron chi connectivity index (χ2n) is 6.42. The first-order chi connectivity index (χ1) is 7.48. The lowest BCUT2D eigenvalue weighted by Gasteiger charge is -2.25. The van der Waals surface area contributed by atoms with Gasteiger partial charge in [-0.2, -0.15) is 4.40 Å². The molecule has 0 rings (SSSR count). The van der Waals surface area contributed by atoms with E-state index < -0.39 is 17.1 Å². The molecule has 0 saturated carbocycles. The fraction of sp³-hybridized carbons (Fsp3) is 0.923. The van der Waals surface area contributed by atoms with Crippen molar-refractivity contribution >= 4 is 16.7 Å². The molecule has 17 heavy (non-hydrogen) atoms. The maximum atomic E-state index is 12.0. The molecule has 0 aliphatic carbocycles. The van der Waals surface area contributed by atoms with Gasteiger partial charge in [0.1, 0.15) is 11.0 Å². The van der Waals surface area contributed by atoms with E-state index in [-0.39, 0.29) is 10.2 Å². The summed E-state index contributed by atoms with van der Waals surface area (Å²) in [6, 6.07) is 0. The molecule has 2 atom stereocenters. The molecule has 102 valence electrons. The van der Waals surface area contributed by atoms with E-state index in [9.17, 15) is 9.32 Å². The summed E-state index contributed by atoms with van der Waals surface area (Å²) in [5.74, 6) is 0. The van der Waals surface area contributed by atoms with E-state index in [1.807, 2.05) is 48.5 Å². The molecule has 0 aliphatic heterocycles. The molecule has 4 heteroatoms. The smallest absolute Gasteiger partial charge is 0.144 e. The number of aliphatic hydroxyl groups excluding tert-OH is 1. The van der Waals surface area contributed by atoms with Gasteiger partial charge in [-0.15, -0.1) is 0 Å². The largest absolute Gasteiger partial charge is 0.393 e. The Labute approximate surface area is 108 Å². The van der Waals surface area contributed by atoms with Crippen molar-refractivity contribution in [3.05, 3.63) is 0 Å². The van der Waals surface area contributed by atoms with Gasteiger partial charge in [-0.05, 0) is 27.2 Å². The number of rotatable bonds is 4. The predicted molar refractivity (Wildman–Crippen MR) is 75.7 cm³/mol. The molecule has 0 fully saturated rings. The Morgan fingerprint density at radius 3 is 2.00 bits per heavy atom. The lowest BCUT2D eigenvalue weighted by atomic mass is 9.86. The van der Waals surface area contributed by atoms with Crippen LogP contribution in [0, 0.1) is 5.41 Å². The van der Waals surface area contributed by atoms with Crippen LogP contribution in [-0.4, -0.2) is 25.9 Å². The lowest BCUT2D eigenvalue weighted by Crippen LogP contribution is -2.28. The Balaban J connectivity index is 5.07. The lowest BCUT2D eigenvalue weighted by molar-refractivity contribution is 0.176. The molecular formula is C13H27NO2S. The molecule has 0 aromatic carbocycles. The normalized spacial score (nSPS) is 18.0. The number of aliphatic hydroxyl groups is 1. The van der Waals surface area contributed by atoms with Crippen LogP contribution in [0.4, 0.5) is 0 Å². The van der Waals surface area contributed by atoms with Crippen LogP contribution in [0.5, 0.6) is 0 Å². The van der Waals surface area contributed by atoms with Crippen LogP contribution in [0.2, 0.25) is 0 Å². The van der Waals surface area contributed by atoms with Gasteiger partial charge in [-0.3, -0.25) is 0 Å². The van der Waals surface area contributed by atoms with Crippen LogP contribution >= 0.6 is 0 Å². The molecule has 0 aliphatic rings. The van der Waals surface area contributed by atoms with Crippen molar-refractivity contribution in [1.82, 2.24) is 0 Å². The third-order valence-electron chi connectivity index (χ3n) is 2.48. The van der Waals surface area contributed by atoms with Gasteiger partial charge in [0.2, 0.25) is 0 Å². The minimum atomic E-state index is -1.26. The second-order valence-corrected chi connectivity index (χ2v) is 8.32. The second kappa shape index (κ2) is 6.10. The Morgan fingerprint density at radius 2 is 1.71 bits per heavy atom. The highest BCUT2D eigenvalue weighted by Gasteiger charge is 2.25. The van der Waals surface area contributed by atoms with Crippen molar-refractivity contribution in [3.8, 4) is 0 Å². The fourth-order valence-corrected chi connectivity index (χ4v) is 1.91. The summed E-state index contributed by atoms with van der Waals surface area (Å²) in [5, 5.41) is 9.73. The van der Waals surface area contributed by atoms with Crippen molar-refractivity contribution in [2.75, 3.05) is 0 Å². The van der Waals surface area contributed by atoms with Gasteiger partial charge in [-0.25, -0.2) is 4.21 Å². The number of hydrogen-bond acceptors (Lipinski definition) is 2. The van der Waals surface area contributed by atoms with Gasteiger partial charge in [0.25, 0.3) is 0 Å². The van der Waals surface area contributed by atoms with E-state index in [1.165, 1.54) is 0 Å². The molecule has 3 nitrogen and oxygen atoms in total. The molecule has 0 aromatic heterocycles. The van der Waals surface area contributed by atoms with E-state index >= 15 is 0 Å². The Kier molecular flexibility index (Phi) is 6.02.